The second-order valence-corrected chi connectivity index (χ2v) is 7.24. The van der Waals surface area contributed by atoms with Crippen molar-refractivity contribution in [3.05, 3.63) is 70.5 Å². The number of benzene rings is 2. The molecule has 0 unspecified atom stereocenters. The zero-order chi connectivity index (χ0) is 20.6. The number of rotatable bonds is 4. The van der Waals surface area contributed by atoms with Crippen molar-refractivity contribution in [2.75, 3.05) is 0 Å². The zero-order valence-electron chi connectivity index (χ0n) is 14.8. The molecule has 148 valence electrons. The summed E-state index contributed by atoms with van der Waals surface area (Å²) in [7, 11) is 0. The SMILES string of the molecule is FC(F)(F)CCc1nnc2cc(-c3ccc(Cl)cc3)c(-c3ccccc3Cl)nn12. The summed E-state index contributed by atoms with van der Waals surface area (Å²) >= 11 is 12.4. The molecule has 0 radical (unpaired) electrons. The van der Waals surface area contributed by atoms with E-state index in [0.29, 0.717) is 26.9 Å². The molecule has 29 heavy (non-hydrogen) atoms. The third kappa shape index (κ3) is 4.21. The maximum atomic E-state index is 12.7. The first-order valence-electron chi connectivity index (χ1n) is 8.65. The number of fused-ring (bicyclic) bond motifs is 1. The highest BCUT2D eigenvalue weighted by Crippen LogP contribution is 2.35. The van der Waals surface area contributed by atoms with Gasteiger partial charge >= 0.3 is 6.18 Å². The van der Waals surface area contributed by atoms with Gasteiger partial charge in [-0.2, -0.15) is 22.8 Å². The highest BCUT2D eigenvalue weighted by molar-refractivity contribution is 6.33. The number of hydrogen-bond donors (Lipinski definition) is 0. The summed E-state index contributed by atoms with van der Waals surface area (Å²) in [6.45, 7) is 0. The maximum Gasteiger partial charge on any atom is 0.389 e. The van der Waals surface area contributed by atoms with Crippen molar-refractivity contribution in [2.24, 2.45) is 0 Å². The van der Waals surface area contributed by atoms with Crippen molar-refractivity contribution in [3.8, 4) is 22.4 Å². The summed E-state index contributed by atoms with van der Waals surface area (Å²) in [6.07, 6.45) is -5.61. The molecule has 0 bridgehead atoms. The Hall–Kier alpha value is -2.64. The molecule has 2 aromatic heterocycles. The van der Waals surface area contributed by atoms with Crippen LogP contribution in [0.2, 0.25) is 10.0 Å². The minimum absolute atomic E-state index is 0.133. The normalized spacial score (nSPS) is 11.9. The van der Waals surface area contributed by atoms with E-state index < -0.39 is 12.6 Å². The molecule has 4 nitrogen and oxygen atoms in total. The van der Waals surface area contributed by atoms with Crippen molar-refractivity contribution >= 4 is 28.8 Å². The van der Waals surface area contributed by atoms with E-state index in [9.17, 15) is 13.2 Å². The van der Waals surface area contributed by atoms with Gasteiger partial charge in [-0.15, -0.1) is 10.2 Å². The lowest BCUT2D eigenvalue weighted by Gasteiger charge is -2.12. The molecule has 0 aliphatic carbocycles. The molecule has 0 saturated heterocycles. The summed E-state index contributed by atoms with van der Waals surface area (Å²) in [5.74, 6) is 0.133. The second-order valence-electron chi connectivity index (χ2n) is 6.39. The quantitative estimate of drug-likeness (QED) is 0.379. The van der Waals surface area contributed by atoms with Gasteiger partial charge in [-0.3, -0.25) is 0 Å². The van der Waals surface area contributed by atoms with Gasteiger partial charge < -0.3 is 0 Å². The molecule has 4 aromatic rings. The monoisotopic (exact) mass is 436 g/mol. The van der Waals surface area contributed by atoms with Crippen LogP contribution in [0.15, 0.2) is 54.6 Å². The topological polar surface area (TPSA) is 43.1 Å². The standard InChI is InChI=1S/C20H13Cl2F3N4/c21-13-7-5-12(6-8-13)15-11-18-27-26-17(9-10-20(23,24)25)29(18)28-19(15)14-3-1-2-4-16(14)22/h1-8,11H,9-10H2. The highest BCUT2D eigenvalue weighted by atomic mass is 35.5. The van der Waals surface area contributed by atoms with E-state index in [4.69, 9.17) is 23.2 Å². The smallest absolute Gasteiger partial charge is 0.197 e. The fourth-order valence-corrected chi connectivity index (χ4v) is 3.34. The van der Waals surface area contributed by atoms with Crippen LogP contribution in [-0.4, -0.2) is 26.0 Å². The molecule has 2 heterocycles. The fourth-order valence-electron chi connectivity index (χ4n) is 2.99. The van der Waals surface area contributed by atoms with Gasteiger partial charge in [0.1, 0.15) is 5.69 Å². The third-order valence-corrected chi connectivity index (χ3v) is 4.96. The van der Waals surface area contributed by atoms with Crippen LogP contribution in [-0.2, 0) is 6.42 Å². The van der Waals surface area contributed by atoms with E-state index in [-0.39, 0.29) is 12.2 Å². The highest BCUT2D eigenvalue weighted by Gasteiger charge is 2.28. The van der Waals surface area contributed by atoms with Crippen LogP contribution in [0.3, 0.4) is 0 Å². The Balaban J connectivity index is 1.91. The summed E-state index contributed by atoms with van der Waals surface area (Å²) in [4.78, 5) is 0. The minimum atomic E-state index is -4.29. The van der Waals surface area contributed by atoms with E-state index in [1.165, 1.54) is 4.52 Å². The average Bonchev–Trinajstić information content (AvgIpc) is 3.08. The Morgan fingerprint density at radius 3 is 2.31 bits per heavy atom. The average molecular weight is 437 g/mol. The number of alkyl halides is 3. The number of aryl methyl sites for hydroxylation is 1. The Bertz CT molecular complexity index is 1170. The summed E-state index contributed by atoms with van der Waals surface area (Å²) in [5, 5.41) is 13.5. The zero-order valence-corrected chi connectivity index (χ0v) is 16.3. The van der Waals surface area contributed by atoms with Crippen LogP contribution in [0.25, 0.3) is 28.0 Å². The van der Waals surface area contributed by atoms with Gasteiger partial charge in [0.25, 0.3) is 0 Å². The van der Waals surface area contributed by atoms with Crippen LogP contribution in [0, 0.1) is 0 Å². The van der Waals surface area contributed by atoms with Gasteiger partial charge in [-0.1, -0.05) is 53.5 Å². The van der Waals surface area contributed by atoms with Crippen molar-refractivity contribution in [3.63, 3.8) is 0 Å². The minimum Gasteiger partial charge on any atom is -0.197 e. The lowest BCUT2D eigenvalue weighted by atomic mass is 10.00. The molecule has 2 aromatic carbocycles. The Labute approximate surface area is 173 Å². The van der Waals surface area contributed by atoms with Crippen LogP contribution in [0.5, 0.6) is 0 Å². The van der Waals surface area contributed by atoms with Gasteiger partial charge in [-0.25, -0.2) is 0 Å². The van der Waals surface area contributed by atoms with E-state index in [0.717, 1.165) is 11.1 Å². The molecule has 0 N–H and O–H groups in total. The molecule has 0 saturated carbocycles. The molecular formula is C20H13Cl2F3N4. The molecule has 0 aliphatic heterocycles. The number of halogens is 5. The maximum absolute atomic E-state index is 12.7. The van der Waals surface area contributed by atoms with Crippen molar-refractivity contribution < 1.29 is 13.2 Å². The predicted octanol–water partition coefficient (Wildman–Crippen LogP) is 6.26. The first kappa shape index (κ1) is 19.7. The Morgan fingerprint density at radius 1 is 0.897 bits per heavy atom. The van der Waals surface area contributed by atoms with Crippen LogP contribution in [0.1, 0.15) is 12.2 Å². The summed E-state index contributed by atoms with van der Waals surface area (Å²) in [5.41, 5.74) is 3.05. The lowest BCUT2D eigenvalue weighted by Crippen LogP contribution is -2.11. The molecule has 0 amide bonds. The molecule has 0 atom stereocenters. The van der Waals surface area contributed by atoms with Crippen LogP contribution >= 0.6 is 23.2 Å². The molecule has 4 rings (SSSR count). The molecule has 0 spiro atoms. The first-order chi connectivity index (χ1) is 13.8. The molecule has 9 heteroatoms. The van der Waals surface area contributed by atoms with Gasteiger partial charge in [0, 0.05) is 22.6 Å². The summed E-state index contributed by atoms with van der Waals surface area (Å²) in [6, 6.07) is 16.0. The van der Waals surface area contributed by atoms with E-state index in [1.54, 1.807) is 36.4 Å². The van der Waals surface area contributed by atoms with Gasteiger partial charge in [0.15, 0.2) is 11.5 Å². The van der Waals surface area contributed by atoms with Crippen molar-refractivity contribution in [1.82, 2.24) is 19.8 Å². The molecule has 0 aliphatic rings. The lowest BCUT2D eigenvalue weighted by molar-refractivity contribution is -0.134. The summed E-state index contributed by atoms with van der Waals surface area (Å²) < 4.78 is 39.3. The van der Waals surface area contributed by atoms with Crippen molar-refractivity contribution in [2.45, 2.75) is 19.0 Å². The van der Waals surface area contributed by atoms with Crippen LogP contribution in [0.4, 0.5) is 13.2 Å². The van der Waals surface area contributed by atoms with Gasteiger partial charge in [0.05, 0.1) is 11.4 Å². The van der Waals surface area contributed by atoms with Gasteiger partial charge in [-0.05, 0) is 29.8 Å². The Morgan fingerprint density at radius 2 is 1.62 bits per heavy atom. The second kappa shape index (κ2) is 7.65. The van der Waals surface area contributed by atoms with E-state index in [1.807, 2.05) is 18.2 Å². The number of hydrogen-bond acceptors (Lipinski definition) is 3. The number of aromatic nitrogens is 4. The first-order valence-corrected chi connectivity index (χ1v) is 9.40. The number of nitrogens with zero attached hydrogens (tertiary/aromatic N) is 4. The fraction of sp³-hybridized carbons (Fsp3) is 0.150. The third-order valence-electron chi connectivity index (χ3n) is 4.37. The van der Waals surface area contributed by atoms with Crippen LogP contribution < -0.4 is 0 Å². The Kier molecular flexibility index (Phi) is 5.19. The van der Waals surface area contributed by atoms with E-state index in [2.05, 4.69) is 15.3 Å². The van der Waals surface area contributed by atoms with Crippen molar-refractivity contribution in [1.29, 1.82) is 0 Å². The van der Waals surface area contributed by atoms with E-state index >= 15 is 0 Å². The molecular weight excluding hydrogens is 424 g/mol. The van der Waals surface area contributed by atoms with Gasteiger partial charge in [0.2, 0.25) is 0 Å². The largest absolute Gasteiger partial charge is 0.389 e. The predicted molar refractivity (Wildman–Crippen MR) is 106 cm³/mol. The molecule has 0 fully saturated rings.